The highest BCUT2D eigenvalue weighted by molar-refractivity contribution is 5.99. The fourth-order valence-corrected chi connectivity index (χ4v) is 3.66. The van der Waals surface area contributed by atoms with E-state index in [1.165, 1.54) is 21.3 Å². The number of hydrogen-bond donors (Lipinski definition) is 2. The van der Waals surface area contributed by atoms with E-state index in [9.17, 15) is 18.0 Å². The molecular formula is C21H27F3N4O4. The van der Waals surface area contributed by atoms with Gasteiger partial charge in [0, 0.05) is 12.0 Å². The van der Waals surface area contributed by atoms with Crippen LogP contribution in [0.1, 0.15) is 55.2 Å². The van der Waals surface area contributed by atoms with Crippen molar-refractivity contribution in [1.29, 1.82) is 0 Å². The third kappa shape index (κ3) is 4.56. The van der Waals surface area contributed by atoms with Gasteiger partial charge < -0.3 is 24.8 Å². The minimum absolute atomic E-state index is 0.000855. The van der Waals surface area contributed by atoms with Gasteiger partial charge in [0.05, 0.1) is 33.6 Å². The largest absolute Gasteiger partial charge is 0.493 e. The maximum absolute atomic E-state index is 13.9. The number of aromatic nitrogens is 2. The molecule has 2 atom stereocenters. The van der Waals surface area contributed by atoms with Crippen LogP contribution in [0.5, 0.6) is 17.2 Å². The number of carbonyl (C=O) groups is 1. The lowest BCUT2D eigenvalue weighted by atomic mass is 9.95. The van der Waals surface area contributed by atoms with Crippen molar-refractivity contribution < 1.29 is 32.2 Å². The van der Waals surface area contributed by atoms with E-state index in [0.717, 1.165) is 10.9 Å². The van der Waals surface area contributed by atoms with Crippen molar-refractivity contribution in [1.82, 2.24) is 15.1 Å². The predicted octanol–water partition coefficient (Wildman–Crippen LogP) is 4.10. The van der Waals surface area contributed by atoms with Crippen LogP contribution >= 0.6 is 0 Å². The number of fused-ring (bicyclic) bond motifs is 1. The van der Waals surface area contributed by atoms with Crippen molar-refractivity contribution in [3.05, 3.63) is 29.5 Å². The molecule has 0 radical (unpaired) electrons. The minimum atomic E-state index is -4.57. The normalized spacial score (nSPS) is 18.4. The number of rotatable bonds is 5. The van der Waals surface area contributed by atoms with Gasteiger partial charge in [0.15, 0.2) is 17.5 Å². The van der Waals surface area contributed by atoms with Gasteiger partial charge in [-0.3, -0.25) is 4.79 Å². The van der Waals surface area contributed by atoms with Crippen molar-refractivity contribution in [2.45, 2.75) is 51.0 Å². The zero-order chi connectivity index (χ0) is 23.8. The first kappa shape index (κ1) is 23.6. The molecule has 3 rings (SSSR count). The zero-order valence-electron chi connectivity index (χ0n) is 18.8. The van der Waals surface area contributed by atoms with E-state index in [1.807, 2.05) is 0 Å². The summed E-state index contributed by atoms with van der Waals surface area (Å²) in [4.78, 5) is 12.7. The Hall–Kier alpha value is -3.11. The van der Waals surface area contributed by atoms with E-state index < -0.39 is 29.7 Å². The van der Waals surface area contributed by atoms with Gasteiger partial charge in [0.2, 0.25) is 5.75 Å². The lowest BCUT2D eigenvalue weighted by Gasteiger charge is -2.34. The molecule has 1 amide bonds. The number of anilines is 1. The number of benzene rings is 1. The van der Waals surface area contributed by atoms with Crippen molar-refractivity contribution in [3.63, 3.8) is 0 Å². The molecule has 32 heavy (non-hydrogen) atoms. The van der Waals surface area contributed by atoms with Crippen LogP contribution in [0.25, 0.3) is 0 Å². The highest BCUT2D eigenvalue weighted by Gasteiger charge is 2.47. The fourth-order valence-electron chi connectivity index (χ4n) is 3.66. The molecule has 1 aromatic carbocycles. The number of carbonyl (C=O) groups excluding carboxylic acids is 1. The highest BCUT2D eigenvalue weighted by atomic mass is 19.4. The topological polar surface area (TPSA) is 86.6 Å². The van der Waals surface area contributed by atoms with E-state index in [0.29, 0.717) is 22.8 Å². The quantitative estimate of drug-likeness (QED) is 0.705. The molecule has 0 spiro atoms. The molecule has 0 aliphatic carbocycles. The molecular weight excluding hydrogens is 429 g/mol. The Morgan fingerprint density at radius 2 is 1.72 bits per heavy atom. The van der Waals surface area contributed by atoms with Crippen LogP contribution in [-0.4, -0.2) is 48.7 Å². The van der Waals surface area contributed by atoms with Crippen molar-refractivity contribution in [3.8, 4) is 17.2 Å². The first-order valence-corrected chi connectivity index (χ1v) is 9.92. The molecule has 0 fully saturated rings. The Balaban J connectivity index is 2.08. The van der Waals surface area contributed by atoms with Crippen LogP contribution in [0, 0.1) is 0 Å². The molecule has 2 aromatic rings. The lowest BCUT2D eigenvalue weighted by Crippen LogP contribution is -2.41. The summed E-state index contributed by atoms with van der Waals surface area (Å²) in [6.07, 6.45) is -3.75. The second-order valence-electron chi connectivity index (χ2n) is 8.50. The molecule has 8 nitrogen and oxygen atoms in total. The van der Waals surface area contributed by atoms with Crippen molar-refractivity contribution in [2.24, 2.45) is 0 Å². The average Bonchev–Trinajstić information content (AvgIpc) is 3.13. The number of nitrogens with zero attached hydrogens (tertiary/aromatic N) is 2. The summed E-state index contributed by atoms with van der Waals surface area (Å²) in [6.45, 7) is 5.35. The monoisotopic (exact) mass is 456 g/mol. The molecule has 2 heterocycles. The number of nitrogens with one attached hydrogen (secondary N) is 2. The average molecular weight is 456 g/mol. The molecule has 1 aliphatic heterocycles. The molecule has 0 saturated heterocycles. The number of hydrogen-bond acceptors (Lipinski definition) is 6. The zero-order valence-corrected chi connectivity index (χ0v) is 18.8. The molecule has 176 valence electrons. The summed E-state index contributed by atoms with van der Waals surface area (Å²) in [7, 11) is 4.30. The molecule has 2 N–H and O–H groups in total. The number of alkyl halides is 3. The minimum Gasteiger partial charge on any atom is -0.493 e. The standard InChI is InChI=1S/C21H27F3N4O4/c1-20(2,3)27-19(29)12-10-25-28-16(21(22,23)24)9-13(26-18(12)28)11-7-14(30-4)17(32-6)15(8-11)31-5/h7-8,10,13,16,26H,9H2,1-6H3,(H,27,29)/t13-,16-/m0/s1. The van der Waals surface area contributed by atoms with Crippen LogP contribution in [0.2, 0.25) is 0 Å². The van der Waals surface area contributed by atoms with Crippen molar-refractivity contribution in [2.75, 3.05) is 26.6 Å². The van der Waals surface area contributed by atoms with Crippen molar-refractivity contribution >= 4 is 11.7 Å². The van der Waals surface area contributed by atoms with Crippen LogP contribution in [-0.2, 0) is 0 Å². The second kappa shape index (κ2) is 8.44. The predicted molar refractivity (Wildman–Crippen MR) is 112 cm³/mol. The molecule has 0 unspecified atom stereocenters. The van der Waals surface area contributed by atoms with E-state index >= 15 is 0 Å². The Morgan fingerprint density at radius 1 is 1.12 bits per heavy atom. The Morgan fingerprint density at radius 3 is 2.19 bits per heavy atom. The number of amides is 1. The van der Waals surface area contributed by atoms with E-state index in [2.05, 4.69) is 15.7 Å². The number of halogens is 3. The van der Waals surface area contributed by atoms with Crippen LogP contribution in [0.15, 0.2) is 18.3 Å². The smallest absolute Gasteiger partial charge is 0.410 e. The lowest BCUT2D eigenvalue weighted by molar-refractivity contribution is -0.173. The third-order valence-corrected chi connectivity index (χ3v) is 5.06. The summed E-state index contributed by atoms with van der Waals surface area (Å²) < 4.78 is 58.6. The Labute approximate surface area is 184 Å². The molecule has 11 heteroatoms. The maximum atomic E-state index is 13.9. The summed E-state index contributed by atoms with van der Waals surface area (Å²) in [6, 6.07) is 0.473. The van der Waals surface area contributed by atoms with Crippen LogP contribution in [0.4, 0.5) is 19.0 Å². The van der Waals surface area contributed by atoms with E-state index in [1.54, 1.807) is 32.9 Å². The fraction of sp³-hybridized carbons (Fsp3) is 0.524. The third-order valence-electron chi connectivity index (χ3n) is 5.06. The van der Waals surface area contributed by atoms with Gasteiger partial charge in [0.1, 0.15) is 11.4 Å². The summed E-state index contributed by atoms with van der Waals surface area (Å²) in [5, 5.41) is 9.70. The van der Waals surface area contributed by atoms with Gasteiger partial charge in [-0.25, -0.2) is 4.68 Å². The van der Waals surface area contributed by atoms with Crippen LogP contribution in [0.3, 0.4) is 0 Å². The summed E-state index contributed by atoms with van der Waals surface area (Å²) >= 11 is 0. The summed E-state index contributed by atoms with van der Waals surface area (Å²) in [5.41, 5.74) is -0.0465. The SMILES string of the molecule is COc1cc([C@@H]2C[C@@H](C(F)(F)F)n3ncc(C(=O)NC(C)(C)C)c3N2)cc(OC)c1OC. The van der Waals surface area contributed by atoms with Gasteiger partial charge in [-0.1, -0.05) is 0 Å². The Bertz CT molecular complexity index is 973. The highest BCUT2D eigenvalue weighted by Crippen LogP contribution is 2.47. The molecule has 0 bridgehead atoms. The van der Waals surface area contributed by atoms with Gasteiger partial charge in [-0.2, -0.15) is 18.3 Å². The molecule has 1 aromatic heterocycles. The van der Waals surface area contributed by atoms with Gasteiger partial charge in [0.25, 0.3) is 5.91 Å². The first-order chi connectivity index (χ1) is 14.9. The van der Waals surface area contributed by atoms with E-state index in [4.69, 9.17) is 14.2 Å². The van der Waals surface area contributed by atoms with Crippen LogP contribution < -0.4 is 24.8 Å². The summed E-state index contributed by atoms with van der Waals surface area (Å²) in [5.74, 6) is 0.447. The number of ether oxygens (including phenoxy) is 3. The Kier molecular flexibility index (Phi) is 6.21. The van der Waals surface area contributed by atoms with Gasteiger partial charge >= 0.3 is 6.18 Å². The first-order valence-electron chi connectivity index (χ1n) is 9.92. The van der Waals surface area contributed by atoms with Gasteiger partial charge in [-0.15, -0.1) is 0 Å². The van der Waals surface area contributed by atoms with E-state index in [-0.39, 0.29) is 17.8 Å². The van der Waals surface area contributed by atoms with Gasteiger partial charge in [-0.05, 0) is 38.5 Å². The molecule has 1 aliphatic rings. The number of methoxy groups -OCH3 is 3. The molecule has 0 saturated carbocycles. The maximum Gasteiger partial charge on any atom is 0.410 e. The second-order valence-corrected chi connectivity index (χ2v) is 8.50.